The standard InChI is InChI=1S/C18H15F3N4O2S/c1-11(16(26)27-2)28-17-24-23-15(12-6-8-22-9-7-12)25(17)14-5-3-4-13(10-14)18(19,20)21/h3-11H,1-2H3. The molecule has 2 heterocycles. The maximum atomic E-state index is 13.2. The van der Waals surface area contributed by atoms with Gasteiger partial charge in [-0.25, -0.2) is 0 Å². The molecule has 146 valence electrons. The zero-order valence-electron chi connectivity index (χ0n) is 14.8. The molecule has 6 nitrogen and oxygen atoms in total. The Hall–Kier alpha value is -2.88. The number of alkyl halides is 3. The van der Waals surface area contributed by atoms with E-state index in [4.69, 9.17) is 4.74 Å². The van der Waals surface area contributed by atoms with Crippen LogP contribution in [0, 0.1) is 0 Å². The molecule has 0 radical (unpaired) electrons. The topological polar surface area (TPSA) is 69.9 Å². The van der Waals surface area contributed by atoms with Gasteiger partial charge in [0.05, 0.1) is 18.4 Å². The van der Waals surface area contributed by atoms with Gasteiger partial charge in [0.15, 0.2) is 11.0 Å². The lowest BCUT2D eigenvalue weighted by molar-refractivity contribution is -0.139. The number of rotatable bonds is 5. The number of hydrogen-bond donors (Lipinski definition) is 0. The Morgan fingerprint density at radius 3 is 2.54 bits per heavy atom. The van der Waals surface area contributed by atoms with Crippen LogP contribution < -0.4 is 0 Å². The number of thioether (sulfide) groups is 1. The van der Waals surface area contributed by atoms with Gasteiger partial charge >= 0.3 is 12.1 Å². The molecule has 0 aliphatic carbocycles. The fourth-order valence-electron chi connectivity index (χ4n) is 2.46. The molecular formula is C18H15F3N4O2S. The molecule has 0 saturated carbocycles. The Balaban J connectivity index is 2.14. The van der Waals surface area contributed by atoms with Gasteiger partial charge < -0.3 is 4.74 Å². The van der Waals surface area contributed by atoms with Crippen LogP contribution in [0.25, 0.3) is 17.1 Å². The van der Waals surface area contributed by atoms with Gasteiger partial charge in [0.2, 0.25) is 0 Å². The highest BCUT2D eigenvalue weighted by atomic mass is 32.2. The predicted molar refractivity (Wildman–Crippen MR) is 96.9 cm³/mol. The fraction of sp³-hybridized carbons (Fsp3) is 0.222. The molecule has 28 heavy (non-hydrogen) atoms. The average Bonchev–Trinajstić information content (AvgIpc) is 3.11. The number of methoxy groups -OCH3 is 1. The zero-order valence-corrected chi connectivity index (χ0v) is 15.7. The molecule has 0 spiro atoms. The molecule has 2 aromatic heterocycles. The van der Waals surface area contributed by atoms with Gasteiger partial charge in [-0.15, -0.1) is 10.2 Å². The number of pyridine rings is 1. The Kier molecular flexibility index (Phi) is 5.68. The molecule has 0 N–H and O–H groups in total. The van der Waals surface area contributed by atoms with Gasteiger partial charge in [0, 0.05) is 18.0 Å². The van der Waals surface area contributed by atoms with Crippen LogP contribution in [0.1, 0.15) is 12.5 Å². The van der Waals surface area contributed by atoms with E-state index in [-0.39, 0.29) is 10.8 Å². The lowest BCUT2D eigenvalue weighted by atomic mass is 10.2. The van der Waals surface area contributed by atoms with Crippen molar-refractivity contribution >= 4 is 17.7 Å². The van der Waals surface area contributed by atoms with Gasteiger partial charge in [-0.1, -0.05) is 17.8 Å². The number of nitrogens with zero attached hydrogens (tertiary/aromatic N) is 4. The van der Waals surface area contributed by atoms with Crippen LogP contribution in [0.2, 0.25) is 0 Å². The van der Waals surface area contributed by atoms with Crippen molar-refractivity contribution in [1.29, 1.82) is 0 Å². The summed E-state index contributed by atoms with van der Waals surface area (Å²) in [6.45, 7) is 1.62. The van der Waals surface area contributed by atoms with Crippen molar-refractivity contribution in [3.8, 4) is 17.1 Å². The molecule has 3 rings (SSSR count). The van der Waals surface area contributed by atoms with E-state index in [0.29, 0.717) is 11.4 Å². The number of esters is 1. The summed E-state index contributed by atoms with van der Waals surface area (Å²) in [5.41, 5.74) is 0.0556. The van der Waals surface area contributed by atoms with Gasteiger partial charge in [0.25, 0.3) is 0 Å². The molecule has 1 unspecified atom stereocenters. The monoisotopic (exact) mass is 408 g/mol. The minimum absolute atomic E-state index is 0.228. The summed E-state index contributed by atoms with van der Waals surface area (Å²) >= 11 is 1.04. The van der Waals surface area contributed by atoms with Crippen molar-refractivity contribution in [2.45, 2.75) is 23.5 Å². The maximum absolute atomic E-state index is 13.2. The molecule has 0 aliphatic rings. The van der Waals surface area contributed by atoms with Crippen LogP contribution in [0.4, 0.5) is 13.2 Å². The number of carbonyl (C=O) groups is 1. The molecule has 0 bridgehead atoms. The summed E-state index contributed by atoms with van der Waals surface area (Å²) in [7, 11) is 1.26. The first-order chi connectivity index (χ1) is 13.3. The minimum Gasteiger partial charge on any atom is -0.468 e. The van der Waals surface area contributed by atoms with Gasteiger partial charge in [-0.05, 0) is 37.3 Å². The molecule has 10 heteroatoms. The molecule has 3 aromatic rings. The van der Waals surface area contributed by atoms with Gasteiger partial charge in [0.1, 0.15) is 5.25 Å². The van der Waals surface area contributed by atoms with Crippen molar-refractivity contribution in [2.24, 2.45) is 0 Å². The first-order valence-electron chi connectivity index (χ1n) is 8.09. The summed E-state index contributed by atoms with van der Waals surface area (Å²) in [6, 6.07) is 8.19. The third-order valence-corrected chi connectivity index (χ3v) is 4.84. The quantitative estimate of drug-likeness (QED) is 0.470. The Labute approximate surface area is 162 Å². The molecule has 1 atom stereocenters. The van der Waals surface area contributed by atoms with E-state index in [0.717, 1.165) is 23.9 Å². The maximum Gasteiger partial charge on any atom is 0.416 e. The SMILES string of the molecule is COC(=O)C(C)Sc1nnc(-c2ccncc2)n1-c1cccc(C(F)(F)F)c1. The number of ether oxygens (including phenoxy) is 1. The van der Waals surface area contributed by atoms with Crippen molar-refractivity contribution in [1.82, 2.24) is 19.7 Å². The molecule has 0 amide bonds. The van der Waals surface area contributed by atoms with Crippen LogP contribution in [0.5, 0.6) is 0 Å². The highest BCUT2D eigenvalue weighted by molar-refractivity contribution is 8.00. The van der Waals surface area contributed by atoms with E-state index < -0.39 is 23.0 Å². The van der Waals surface area contributed by atoms with Crippen LogP contribution in [0.3, 0.4) is 0 Å². The second-order valence-electron chi connectivity index (χ2n) is 5.71. The van der Waals surface area contributed by atoms with Crippen LogP contribution in [-0.4, -0.2) is 38.1 Å². The number of carbonyl (C=O) groups excluding carboxylic acids is 1. The molecule has 0 fully saturated rings. The number of hydrogen-bond acceptors (Lipinski definition) is 6. The van der Waals surface area contributed by atoms with Gasteiger partial charge in [-0.3, -0.25) is 14.3 Å². The second-order valence-corrected chi connectivity index (χ2v) is 7.02. The minimum atomic E-state index is -4.49. The Bertz CT molecular complexity index is 976. The summed E-state index contributed by atoms with van der Waals surface area (Å²) in [5, 5.41) is 7.85. The largest absolute Gasteiger partial charge is 0.468 e. The second kappa shape index (κ2) is 8.01. The molecule has 1 aromatic carbocycles. The van der Waals surface area contributed by atoms with Gasteiger partial charge in [-0.2, -0.15) is 13.2 Å². The summed E-state index contributed by atoms with van der Waals surface area (Å²) in [4.78, 5) is 15.7. The predicted octanol–water partition coefficient (Wildman–Crippen LogP) is 4.00. The Morgan fingerprint density at radius 1 is 1.18 bits per heavy atom. The number of aromatic nitrogens is 4. The third-order valence-electron chi connectivity index (χ3n) is 3.82. The lowest BCUT2D eigenvalue weighted by Crippen LogP contribution is -2.15. The zero-order chi connectivity index (χ0) is 20.3. The molecular weight excluding hydrogens is 393 g/mol. The summed E-state index contributed by atoms with van der Waals surface area (Å²) < 4.78 is 45.7. The summed E-state index contributed by atoms with van der Waals surface area (Å²) in [5.74, 6) is -0.143. The van der Waals surface area contributed by atoms with E-state index in [1.807, 2.05) is 0 Å². The molecule has 0 saturated heterocycles. The first kappa shape index (κ1) is 19.9. The van der Waals surface area contributed by atoms with Crippen molar-refractivity contribution in [2.75, 3.05) is 7.11 Å². The van der Waals surface area contributed by atoms with E-state index in [1.165, 1.54) is 23.8 Å². The molecule has 0 aliphatic heterocycles. The van der Waals surface area contributed by atoms with E-state index >= 15 is 0 Å². The third kappa shape index (κ3) is 4.16. The number of benzene rings is 1. The van der Waals surface area contributed by atoms with Crippen LogP contribution in [-0.2, 0) is 15.7 Å². The van der Waals surface area contributed by atoms with Crippen molar-refractivity contribution < 1.29 is 22.7 Å². The highest BCUT2D eigenvalue weighted by Crippen LogP contribution is 2.34. The lowest BCUT2D eigenvalue weighted by Gasteiger charge is -2.14. The van der Waals surface area contributed by atoms with Crippen LogP contribution >= 0.6 is 11.8 Å². The van der Waals surface area contributed by atoms with E-state index in [1.54, 1.807) is 31.5 Å². The normalized spacial score (nSPS) is 12.6. The van der Waals surface area contributed by atoms with Crippen LogP contribution in [0.15, 0.2) is 53.9 Å². The number of halogens is 3. The smallest absolute Gasteiger partial charge is 0.416 e. The Morgan fingerprint density at radius 2 is 1.89 bits per heavy atom. The summed E-state index contributed by atoms with van der Waals surface area (Å²) in [6.07, 6.45) is -1.40. The van der Waals surface area contributed by atoms with E-state index in [9.17, 15) is 18.0 Å². The highest BCUT2D eigenvalue weighted by Gasteiger charge is 2.31. The van der Waals surface area contributed by atoms with Crippen molar-refractivity contribution in [3.63, 3.8) is 0 Å². The van der Waals surface area contributed by atoms with Crippen molar-refractivity contribution in [3.05, 3.63) is 54.4 Å². The first-order valence-corrected chi connectivity index (χ1v) is 8.97. The van der Waals surface area contributed by atoms with E-state index in [2.05, 4.69) is 15.2 Å². The average molecular weight is 408 g/mol. The fourth-order valence-corrected chi connectivity index (χ4v) is 3.35.